The number of amidine groups is 1. The number of nitrogens with one attached hydrogen (secondary N) is 1. The van der Waals surface area contributed by atoms with Crippen molar-refractivity contribution in [2.75, 3.05) is 16.7 Å². The molecule has 0 aromatic heterocycles. The number of rotatable bonds is 4. The molecule has 3 aromatic rings. The fourth-order valence-electron chi connectivity index (χ4n) is 2.85. The molecular formula is C20H17N5O2. The molecular weight excluding hydrogens is 342 g/mol. The van der Waals surface area contributed by atoms with E-state index in [0.717, 1.165) is 11.3 Å². The molecule has 0 amide bonds. The predicted octanol–water partition coefficient (Wildman–Crippen LogP) is 3.75. The monoisotopic (exact) mass is 359 g/mol. The zero-order chi connectivity index (χ0) is 18.6. The Kier molecular flexibility index (Phi) is 4.40. The second-order valence-corrected chi connectivity index (χ2v) is 6.01. The summed E-state index contributed by atoms with van der Waals surface area (Å²) < 4.78 is 0. The Morgan fingerprint density at radius 3 is 2.26 bits per heavy atom. The highest BCUT2D eigenvalue weighted by molar-refractivity contribution is 6.00. The molecule has 1 N–H and O–H groups in total. The molecule has 0 spiro atoms. The molecule has 3 aromatic carbocycles. The number of benzene rings is 3. The lowest BCUT2D eigenvalue weighted by molar-refractivity contribution is -0.384. The Bertz CT molecular complexity index is 976. The van der Waals surface area contributed by atoms with Crippen LogP contribution in [0.4, 0.5) is 17.1 Å². The van der Waals surface area contributed by atoms with Crippen molar-refractivity contribution in [1.82, 2.24) is 5.43 Å². The first kappa shape index (κ1) is 16.6. The number of hydrogen-bond acceptors (Lipinski definition) is 6. The smallest absolute Gasteiger partial charge is 0.271 e. The second kappa shape index (κ2) is 7.17. The SMILES string of the molecule is O=[N+]([O-])c1cccc(N2CN(c3ccccc3)NC(c3ccccc3)=N2)c1. The van der Waals surface area contributed by atoms with Gasteiger partial charge < -0.3 is 0 Å². The first-order chi connectivity index (χ1) is 13.2. The van der Waals surface area contributed by atoms with Gasteiger partial charge in [0, 0.05) is 17.7 Å². The van der Waals surface area contributed by atoms with E-state index in [4.69, 9.17) is 0 Å². The van der Waals surface area contributed by atoms with Crippen molar-refractivity contribution >= 4 is 22.9 Å². The minimum absolute atomic E-state index is 0.0359. The zero-order valence-electron chi connectivity index (χ0n) is 14.4. The molecule has 1 aliphatic rings. The summed E-state index contributed by atoms with van der Waals surface area (Å²) in [7, 11) is 0. The summed E-state index contributed by atoms with van der Waals surface area (Å²) in [6, 6.07) is 26.1. The molecule has 0 fully saturated rings. The number of hydrogen-bond donors (Lipinski definition) is 1. The Labute approximate surface area is 156 Å². The van der Waals surface area contributed by atoms with E-state index < -0.39 is 4.92 Å². The topological polar surface area (TPSA) is 74.0 Å². The van der Waals surface area contributed by atoms with Crippen LogP contribution < -0.4 is 15.4 Å². The van der Waals surface area contributed by atoms with Gasteiger partial charge in [-0.25, -0.2) is 5.01 Å². The average Bonchev–Trinajstić information content (AvgIpc) is 2.75. The first-order valence-electron chi connectivity index (χ1n) is 8.46. The lowest BCUT2D eigenvalue weighted by Crippen LogP contribution is -2.53. The van der Waals surface area contributed by atoms with Gasteiger partial charge in [0.15, 0.2) is 5.84 Å². The molecule has 0 saturated carbocycles. The zero-order valence-corrected chi connectivity index (χ0v) is 14.4. The Morgan fingerprint density at radius 2 is 1.56 bits per heavy atom. The Morgan fingerprint density at radius 1 is 0.889 bits per heavy atom. The molecule has 4 rings (SSSR count). The molecule has 7 nitrogen and oxygen atoms in total. The van der Waals surface area contributed by atoms with Gasteiger partial charge in [-0.2, -0.15) is 5.10 Å². The minimum Gasteiger partial charge on any atom is -0.278 e. The van der Waals surface area contributed by atoms with Gasteiger partial charge in [0.1, 0.15) is 6.67 Å². The van der Waals surface area contributed by atoms with Crippen molar-refractivity contribution in [2.45, 2.75) is 0 Å². The number of hydrazone groups is 1. The number of anilines is 2. The van der Waals surface area contributed by atoms with Crippen LogP contribution in [-0.2, 0) is 0 Å². The number of non-ortho nitro benzene ring substituents is 1. The fourth-order valence-corrected chi connectivity index (χ4v) is 2.85. The number of nitro groups is 1. The molecule has 27 heavy (non-hydrogen) atoms. The van der Waals surface area contributed by atoms with Gasteiger partial charge in [0.2, 0.25) is 0 Å². The third-order valence-electron chi connectivity index (χ3n) is 4.19. The molecule has 0 unspecified atom stereocenters. The Balaban J connectivity index is 1.75. The summed E-state index contributed by atoms with van der Waals surface area (Å²) >= 11 is 0. The summed E-state index contributed by atoms with van der Waals surface area (Å²) in [6.07, 6.45) is 0. The first-order valence-corrected chi connectivity index (χ1v) is 8.46. The second-order valence-electron chi connectivity index (χ2n) is 6.01. The van der Waals surface area contributed by atoms with Gasteiger partial charge in [0.05, 0.1) is 16.3 Å². The third-order valence-corrected chi connectivity index (χ3v) is 4.19. The van der Waals surface area contributed by atoms with Crippen LogP contribution in [0.1, 0.15) is 5.56 Å². The summed E-state index contributed by atoms with van der Waals surface area (Å²) in [5.41, 5.74) is 5.91. The number of nitro benzene ring substituents is 1. The summed E-state index contributed by atoms with van der Waals surface area (Å²) in [4.78, 5) is 10.7. The van der Waals surface area contributed by atoms with Gasteiger partial charge in [-0.3, -0.25) is 20.5 Å². The standard InChI is InChI=1S/C20H17N5O2/c26-25(27)19-13-7-12-18(14-19)24-15-23(17-10-5-2-6-11-17)21-20(22-24)16-8-3-1-4-9-16/h1-14H,15H2,(H,21,22). The van der Waals surface area contributed by atoms with Crippen molar-refractivity contribution in [2.24, 2.45) is 5.10 Å². The minimum atomic E-state index is -0.400. The summed E-state index contributed by atoms with van der Waals surface area (Å²) in [5.74, 6) is 0.664. The maximum Gasteiger partial charge on any atom is 0.271 e. The van der Waals surface area contributed by atoms with E-state index in [1.807, 2.05) is 71.7 Å². The van der Waals surface area contributed by atoms with Crippen molar-refractivity contribution in [3.63, 3.8) is 0 Å². The molecule has 7 heteroatoms. The largest absolute Gasteiger partial charge is 0.278 e. The Hall–Kier alpha value is -3.87. The van der Waals surface area contributed by atoms with Gasteiger partial charge in [-0.1, -0.05) is 54.6 Å². The maximum atomic E-state index is 11.1. The average molecular weight is 359 g/mol. The molecule has 1 aliphatic heterocycles. The number of hydrazine groups is 1. The third kappa shape index (κ3) is 3.57. The van der Waals surface area contributed by atoms with Gasteiger partial charge in [-0.15, -0.1) is 0 Å². The van der Waals surface area contributed by atoms with Crippen molar-refractivity contribution < 1.29 is 4.92 Å². The van der Waals surface area contributed by atoms with E-state index in [2.05, 4.69) is 10.5 Å². The molecule has 0 atom stereocenters. The molecule has 0 radical (unpaired) electrons. The molecule has 0 aliphatic carbocycles. The lowest BCUT2D eigenvalue weighted by Gasteiger charge is -2.36. The van der Waals surface area contributed by atoms with Crippen molar-refractivity contribution in [3.8, 4) is 0 Å². The van der Waals surface area contributed by atoms with Crippen LogP contribution in [0.3, 0.4) is 0 Å². The van der Waals surface area contributed by atoms with E-state index in [-0.39, 0.29) is 5.69 Å². The maximum absolute atomic E-state index is 11.1. The van der Waals surface area contributed by atoms with Gasteiger partial charge in [-0.05, 0) is 18.2 Å². The highest BCUT2D eigenvalue weighted by Crippen LogP contribution is 2.25. The van der Waals surface area contributed by atoms with Crippen molar-refractivity contribution in [3.05, 3.63) is 101 Å². The van der Waals surface area contributed by atoms with Crippen LogP contribution in [0, 0.1) is 10.1 Å². The molecule has 134 valence electrons. The van der Waals surface area contributed by atoms with E-state index >= 15 is 0 Å². The lowest BCUT2D eigenvalue weighted by atomic mass is 10.2. The van der Waals surface area contributed by atoms with Crippen molar-refractivity contribution in [1.29, 1.82) is 0 Å². The van der Waals surface area contributed by atoms with E-state index in [1.54, 1.807) is 11.1 Å². The van der Waals surface area contributed by atoms with Gasteiger partial charge >= 0.3 is 0 Å². The van der Waals surface area contributed by atoms with Crippen LogP contribution in [0.5, 0.6) is 0 Å². The summed E-state index contributed by atoms with van der Waals surface area (Å²) in [5, 5.41) is 19.5. The van der Waals surface area contributed by atoms with Crippen LogP contribution in [-0.4, -0.2) is 17.4 Å². The normalized spacial score (nSPS) is 13.7. The quantitative estimate of drug-likeness (QED) is 0.567. The summed E-state index contributed by atoms with van der Waals surface area (Å²) in [6.45, 7) is 0.404. The highest BCUT2D eigenvalue weighted by atomic mass is 16.6. The number of nitrogens with zero attached hydrogens (tertiary/aromatic N) is 4. The number of para-hydroxylation sites is 1. The molecule has 0 bridgehead atoms. The van der Waals surface area contributed by atoms with Crippen LogP contribution >= 0.6 is 0 Å². The van der Waals surface area contributed by atoms with Crippen LogP contribution in [0.2, 0.25) is 0 Å². The van der Waals surface area contributed by atoms with Crippen LogP contribution in [0.15, 0.2) is 90.0 Å². The molecule has 0 saturated heterocycles. The van der Waals surface area contributed by atoms with E-state index in [9.17, 15) is 10.1 Å². The predicted molar refractivity (Wildman–Crippen MR) is 105 cm³/mol. The van der Waals surface area contributed by atoms with E-state index in [1.165, 1.54) is 12.1 Å². The fraction of sp³-hybridized carbons (Fsp3) is 0.0500. The van der Waals surface area contributed by atoms with E-state index in [0.29, 0.717) is 18.2 Å². The highest BCUT2D eigenvalue weighted by Gasteiger charge is 2.22. The molecule has 1 heterocycles. The van der Waals surface area contributed by atoms with Crippen LogP contribution in [0.25, 0.3) is 0 Å². The van der Waals surface area contributed by atoms with Gasteiger partial charge in [0.25, 0.3) is 5.69 Å².